The second-order valence-corrected chi connectivity index (χ2v) is 13.4. The Balaban J connectivity index is 0.000000165. The molecule has 0 aromatic heterocycles. The average Bonchev–Trinajstić information content (AvgIpc) is 3.27. The summed E-state index contributed by atoms with van der Waals surface area (Å²) in [6.07, 6.45) is 0. The van der Waals surface area contributed by atoms with Crippen LogP contribution in [-0.2, 0) is 5.60 Å². The number of ether oxygens (including phenoxy) is 4. The molecule has 0 amide bonds. The van der Waals surface area contributed by atoms with E-state index in [-0.39, 0.29) is 45.8 Å². The summed E-state index contributed by atoms with van der Waals surface area (Å²) < 4.78 is 21.0. The molecular formula is C50H39BrMgO6. The average molecular weight is 840 g/mol. The fourth-order valence-corrected chi connectivity index (χ4v) is 7.82. The van der Waals surface area contributed by atoms with Crippen LogP contribution in [0.1, 0.15) is 32.6 Å². The molecule has 1 atom stereocenters. The second-order valence-electron chi connectivity index (χ2n) is 13.4. The molecule has 0 spiro atoms. The topological polar surface area (TPSA) is 74.2 Å². The molecule has 0 bridgehead atoms. The van der Waals surface area contributed by atoms with E-state index >= 15 is 0 Å². The van der Waals surface area contributed by atoms with Crippen LogP contribution in [0, 0.1) is 6.07 Å². The molecule has 58 heavy (non-hydrogen) atoms. The van der Waals surface area contributed by atoms with E-state index in [4.69, 9.17) is 18.9 Å². The first-order valence-electron chi connectivity index (χ1n) is 18.2. The SMILES string of the molecule is COc1cc[c-]cc1.COc1ccc(C2(O)c3ccc(OC)cc3-c3cccc4cccc2c34)cc1.COc1ccc2c(c1)-c1cccc3cccc(c13)C2=O.[Br-].[Mg+2]. The molecule has 0 saturated heterocycles. The Hall–Kier alpha value is -5.64. The Labute approximate surface area is 364 Å². The largest absolute Gasteiger partial charge is 2.00 e. The van der Waals surface area contributed by atoms with Gasteiger partial charge in [-0.2, -0.15) is 18.2 Å². The minimum atomic E-state index is -1.26. The summed E-state index contributed by atoms with van der Waals surface area (Å²) in [6, 6.07) is 53.8. The van der Waals surface area contributed by atoms with E-state index in [1.165, 1.54) is 0 Å². The van der Waals surface area contributed by atoms with E-state index in [2.05, 4.69) is 36.4 Å². The maximum absolute atomic E-state index is 12.7. The van der Waals surface area contributed by atoms with E-state index < -0.39 is 5.60 Å². The zero-order valence-electron chi connectivity index (χ0n) is 32.6. The van der Waals surface area contributed by atoms with Crippen molar-refractivity contribution in [3.8, 4) is 45.3 Å². The standard InChI is InChI=1S/C25H20O3.C18H12O2.C7H7O.BrH.Mg/c1-27-18-11-9-17(10-12-18)25(26)22-14-13-19(28-2)15-21(22)20-7-3-5-16-6-4-8-23(25)24(16)20;1-20-12-8-9-14-16(10-12)13-6-2-4-11-5-3-7-15(17(11)13)18(14)19;1-8-7-5-3-2-4-6-7;;/h3-15,26H,1-2H3;2-10H,1H3;3-6H,1H3;1H;/q;;-1;;+2/p-1. The van der Waals surface area contributed by atoms with Crippen molar-refractivity contribution in [2.45, 2.75) is 5.60 Å². The number of methoxy groups -OCH3 is 4. The molecule has 0 fully saturated rings. The van der Waals surface area contributed by atoms with Crippen molar-refractivity contribution in [2.75, 3.05) is 28.4 Å². The third-order valence-corrected chi connectivity index (χ3v) is 10.5. The number of halogens is 1. The molecule has 0 saturated carbocycles. The van der Waals surface area contributed by atoms with E-state index in [0.29, 0.717) is 0 Å². The van der Waals surface area contributed by atoms with E-state index in [0.717, 1.165) is 94.6 Å². The van der Waals surface area contributed by atoms with Gasteiger partial charge in [0.1, 0.15) is 22.8 Å². The first-order valence-corrected chi connectivity index (χ1v) is 18.2. The number of ketones is 1. The summed E-state index contributed by atoms with van der Waals surface area (Å²) in [7, 11) is 6.59. The van der Waals surface area contributed by atoms with Crippen LogP contribution in [-0.4, -0.2) is 62.4 Å². The monoisotopic (exact) mass is 838 g/mol. The number of hydrogen-bond acceptors (Lipinski definition) is 6. The Bertz CT molecular complexity index is 2720. The van der Waals surface area contributed by atoms with Crippen LogP contribution in [0.5, 0.6) is 23.0 Å². The molecule has 0 radical (unpaired) electrons. The zero-order chi connectivity index (χ0) is 38.8. The van der Waals surface area contributed by atoms with Gasteiger partial charge in [-0.15, -0.1) is 12.1 Å². The van der Waals surface area contributed by atoms with Crippen LogP contribution in [0.15, 0.2) is 158 Å². The molecule has 8 aromatic carbocycles. The number of hydrogen-bond donors (Lipinski definition) is 1. The quantitative estimate of drug-likeness (QED) is 0.145. The minimum absolute atomic E-state index is 0. The molecule has 1 N–H and O–H groups in total. The summed E-state index contributed by atoms with van der Waals surface area (Å²) in [6.45, 7) is 0. The normalized spacial score (nSPS) is 13.8. The van der Waals surface area contributed by atoms with Crippen molar-refractivity contribution < 1.29 is 45.8 Å². The van der Waals surface area contributed by atoms with Crippen LogP contribution in [0.4, 0.5) is 0 Å². The van der Waals surface area contributed by atoms with E-state index in [1.807, 2.05) is 127 Å². The van der Waals surface area contributed by atoms with Crippen LogP contribution >= 0.6 is 0 Å². The van der Waals surface area contributed by atoms with Crippen molar-refractivity contribution >= 4 is 50.4 Å². The molecule has 0 aliphatic heterocycles. The van der Waals surface area contributed by atoms with Crippen LogP contribution in [0.25, 0.3) is 43.8 Å². The van der Waals surface area contributed by atoms with Crippen molar-refractivity contribution in [1.82, 2.24) is 0 Å². The fraction of sp³-hybridized carbons (Fsp3) is 0.100. The number of fused-ring (bicyclic) bond motifs is 4. The Morgan fingerprint density at radius 3 is 1.53 bits per heavy atom. The van der Waals surface area contributed by atoms with Crippen LogP contribution in [0.2, 0.25) is 0 Å². The number of benzene rings is 8. The molecule has 8 heteroatoms. The molecule has 10 rings (SSSR count). The molecule has 6 nitrogen and oxygen atoms in total. The Morgan fingerprint density at radius 1 is 0.466 bits per heavy atom. The van der Waals surface area contributed by atoms with Gasteiger partial charge in [-0.05, 0) is 86.4 Å². The minimum Gasteiger partial charge on any atom is -1.00 e. The first kappa shape index (κ1) is 42.0. The summed E-state index contributed by atoms with van der Waals surface area (Å²) >= 11 is 0. The fourth-order valence-electron chi connectivity index (χ4n) is 7.82. The molecule has 284 valence electrons. The predicted octanol–water partition coefficient (Wildman–Crippen LogP) is 7.30. The van der Waals surface area contributed by atoms with Crippen LogP contribution < -0.4 is 35.9 Å². The van der Waals surface area contributed by atoms with E-state index in [9.17, 15) is 9.90 Å². The van der Waals surface area contributed by atoms with Gasteiger partial charge in [-0.3, -0.25) is 4.79 Å². The van der Waals surface area contributed by atoms with Gasteiger partial charge in [-0.25, -0.2) is 0 Å². The summed E-state index contributed by atoms with van der Waals surface area (Å²) in [4.78, 5) is 12.7. The third kappa shape index (κ3) is 7.45. The third-order valence-electron chi connectivity index (χ3n) is 10.5. The van der Waals surface area contributed by atoms with Gasteiger partial charge < -0.3 is 41.0 Å². The molecular weight excluding hydrogens is 801 g/mol. The van der Waals surface area contributed by atoms with Gasteiger partial charge in [0.25, 0.3) is 0 Å². The number of rotatable bonds is 5. The zero-order valence-corrected chi connectivity index (χ0v) is 35.6. The molecule has 2 aliphatic carbocycles. The smallest absolute Gasteiger partial charge is 1.00 e. The van der Waals surface area contributed by atoms with Gasteiger partial charge in [-0.1, -0.05) is 91.0 Å². The number of carbonyl (C=O) groups excluding carboxylic acids is 1. The summed E-state index contributed by atoms with van der Waals surface area (Å²) in [5.74, 6) is 3.27. The molecule has 8 aromatic rings. The van der Waals surface area contributed by atoms with Crippen molar-refractivity contribution in [3.63, 3.8) is 0 Å². The van der Waals surface area contributed by atoms with Gasteiger partial charge in [0.05, 0.1) is 28.4 Å². The predicted molar refractivity (Wildman–Crippen MR) is 228 cm³/mol. The maximum atomic E-state index is 12.7. The first-order chi connectivity index (χ1) is 27.4. The van der Waals surface area contributed by atoms with Gasteiger partial charge >= 0.3 is 23.1 Å². The maximum Gasteiger partial charge on any atom is 2.00 e. The van der Waals surface area contributed by atoms with Gasteiger partial charge in [0.15, 0.2) is 5.78 Å². The summed E-state index contributed by atoms with van der Waals surface area (Å²) in [5.41, 5.74) is 6.98. The molecule has 2 aliphatic rings. The van der Waals surface area contributed by atoms with Gasteiger partial charge in [0, 0.05) is 33.4 Å². The molecule has 0 heterocycles. The van der Waals surface area contributed by atoms with Crippen LogP contribution in [0.3, 0.4) is 0 Å². The molecule has 1 unspecified atom stereocenters. The second kappa shape index (κ2) is 17.9. The Kier molecular flexibility index (Phi) is 12.9. The number of carbonyl (C=O) groups is 1. The van der Waals surface area contributed by atoms with Crippen molar-refractivity contribution in [2.24, 2.45) is 0 Å². The van der Waals surface area contributed by atoms with Crippen molar-refractivity contribution in [3.05, 3.63) is 192 Å². The number of aliphatic hydroxyl groups is 1. The van der Waals surface area contributed by atoms with E-state index in [1.54, 1.807) is 28.4 Å². The summed E-state index contributed by atoms with van der Waals surface area (Å²) in [5, 5.41) is 16.5. The van der Waals surface area contributed by atoms with Gasteiger partial charge in [0.2, 0.25) is 0 Å². The van der Waals surface area contributed by atoms with Crippen molar-refractivity contribution in [1.29, 1.82) is 0 Å². The Morgan fingerprint density at radius 2 is 0.948 bits per heavy atom.